The van der Waals surface area contributed by atoms with Crippen LogP contribution in [0, 0.1) is 10.1 Å². The van der Waals surface area contributed by atoms with E-state index in [-0.39, 0.29) is 41.8 Å². The van der Waals surface area contributed by atoms with Gasteiger partial charge in [-0.25, -0.2) is 4.79 Å². The normalized spacial score (nSPS) is 19.2. The number of amides is 2. The van der Waals surface area contributed by atoms with Gasteiger partial charge in [-0.15, -0.1) is 23.1 Å². The molecule has 1 fully saturated rings. The van der Waals surface area contributed by atoms with E-state index < -0.39 is 38.3 Å². The smallest absolute Gasteiger partial charge is 0.359 e. The average molecular weight is 554 g/mol. The third-order valence-corrected chi connectivity index (χ3v) is 7.76. The maximum atomic E-state index is 13.0. The molecule has 15 heteroatoms. The molecule has 12 nitrogen and oxygen atoms in total. The molecule has 1 aromatic carbocycles. The van der Waals surface area contributed by atoms with E-state index in [2.05, 4.69) is 5.32 Å². The van der Waals surface area contributed by atoms with Crippen molar-refractivity contribution in [3.8, 4) is 0 Å². The summed E-state index contributed by atoms with van der Waals surface area (Å²) in [5.74, 6) is -2.29. The molecular weight excluding hydrogens is 534 g/mol. The van der Waals surface area contributed by atoms with Crippen LogP contribution in [-0.4, -0.2) is 59.4 Å². The third-order valence-electron chi connectivity index (χ3n) is 5.13. The first kappa shape index (κ1) is 25.7. The quantitative estimate of drug-likeness (QED) is 0.158. The molecule has 2 aromatic rings. The molecule has 36 heavy (non-hydrogen) atoms. The number of non-ortho nitro benzene ring substituents is 1. The summed E-state index contributed by atoms with van der Waals surface area (Å²) < 4.78 is 33.7. The van der Waals surface area contributed by atoms with E-state index in [1.165, 1.54) is 35.6 Å². The molecule has 1 saturated heterocycles. The van der Waals surface area contributed by atoms with Crippen molar-refractivity contribution in [1.82, 2.24) is 10.2 Å². The third kappa shape index (κ3) is 5.68. The summed E-state index contributed by atoms with van der Waals surface area (Å²) in [5.41, 5.74) is -0.0579. The summed E-state index contributed by atoms with van der Waals surface area (Å²) in [6.45, 7) is -0.284. The van der Waals surface area contributed by atoms with Crippen LogP contribution in [-0.2, 0) is 46.4 Å². The van der Waals surface area contributed by atoms with Crippen molar-refractivity contribution >= 4 is 56.7 Å². The van der Waals surface area contributed by atoms with E-state index in [0.29, 0.717) is 5.56 Å². The zero-order valence-electron chi connectivity index (χ0n) is 18.6. The first-order valence-electron chi connectivity index (χ1n) is 10.3. The Hall–Kier alpha value is -3.43. The van der Waals surface area contributed by atoms with Crippen molar-refractivity contribution in [3.63, 3.8) is 0 Å². The highest BCUT2D eigenvalue weighted by molar-refractivity contribution is 8.00. The van der Waals surface area contributed by atoms with Gasteiger partial charge in [0.25, 0.3) is 11.6 Å². The second kappa shape index (κ2) is 10.3. The van der Waals surface area contributed by atoms with Gasteiger partial charge in [0.1, 0.15) is 18.0 Å². The Labute approximate surface area is 213 Å². The number of carbonyl (C=O) groups excluding carboxylic acids is 3. The maximum absolute atomic E-state index is 13.0. The number of nitrogens with one attached hydrogen (secondary N) is 1. The zero-order chi connectivity index (χ0) is 26.0. The van der Waals surface area contributed by atoms with Crippen molar-refractivity contribution in [2.24, 2.45) is 0 Å². The Morgan fingerprint density at radius 1 is 1.25 bits per heavy atom. The number of rotatable bonds is 9. The molecule has 1 N–H and O–H groups in total. The fraction of sp³-hybridized carbons (Fsp3) is 0.286. The van der Waals surface area contributed by atoms with Crippen LogP contribution in [0.4, 0.5) is 5.69 Å². The zero-order valence-corrected chi connectivity index (χ0v) is 21.1. The summed E-state index contributed by atoms with van der Waals surface area (Å²) in [4.78, 5) is 50.4. The summed E-state index contributed by atoms with van der Waals surface area (Å²) in [5, 5.41) is 14.6. The number of hydrogen-bond donors (Lipinski definition) is 1. The highest BCUT2D eigenvalue weighted by Crippen LogP contribution is 2.41. The van der Waals surface area contributed by atoms with Gasteiger partial charge < -0.3 is 14.2 Å². The number of ether oxygens (including phenoxy) is 1. The Kier molecular flexibility index (Phi) is 7.33. The number of thiophene rings is 1. The lowest BCUT2D eigenvalue weighted by Crippen LogP contribution is -2.70. The van der Waals surface area contributed by atoms with Gasteiger partial charge in [0.05, 0.1) is 23.4 Å². The van der Waals surface area contributed by atoms with Gasteiger partial charge in [0, 0.05) is 17.0 Å². The van der Waals surface area contributed by atoms with E-state index in [1.807, 2.05) is 11.4 Å². The monoisotopic (exact) mass is 553 g/mol. The number of fused-ring (bicyclic) bond motifs is 1. The van der Waals surface area contributed by atoms with Crippen LogP contribution in [0.15, 0.2) is 53.2 Å². The predicted molar refractivity (Wildman–Crippen MR) is 129 cm³/mol. The van der Waals surface area contributed by atoms with E-state index in [4.69, 9.17) is 8.92 Å². The van der Waals surface area contributed by atoms with Crippen molar-refractivity contribution in [1.29, 1.82) is 0 Å². The number of benzene rings is 1. The number of nitro groups is 1. The average Bonchev–Trinajstić information content (AvgIpc) is 3.33. The standard InChI is InChI=1S/C21H19N3O9S3/c1-36(30,31)33-15-11-35-20-17(22-16(25)9-14-3-2-8-34-14)19(26)23(20)18(15)21(27)32-10-12-4-6-13(7-5-12)24(28)29/h2-8,17,20H,9-11H2,1H3,(H,22,25)/t17?,20-/m0/s1. The van der Waals surface area contributed by atoms with Crippen molar-refractivity contribution in [2.45, 2.75) is 24.4 Å². The predicted octanol–water partition coefficient (Wildman–Crippen LogP) is 1.53. The first-order chi connectivity index (χ1) is 17.0. The molecule has 0 saturated carbocycles. The van der Waals surface area contributed by atoms with Gasteiger partial charge in [-0.3, -0.25) is 24.6 Å². The minimum atomic E-state index is -4.02. The highest BCUT2D eigenvalue weighted by Gasteiger charge is 2.55. The molecule has 4 rings (SSSR count). The summed E-state index contributed by atoms with van der Waals surface area (Å²) in [6, 6.07) is 8.00. The maximum Gasteiger partial charge on any atom is 0.359 e. The molecule has 2 aliphatic rings. The largest absolute Gasteiger partial charge is 0.456 e. The lowest BCUT2D eigenvalue weighted by Gasteiger charge is -2.49. The van der Waals surface area contributed by atoms with Gasteiger partial charge >= 0.3 is 16.1 Å². The van der Waals surface area contributed by atoms with Gasteiger partial charge in [0.2, 0.25) is 5.91 Å². The van der Waals surface area contributed by atoms with Crippen molar-refractivity contribution in [3.05, 3.63) is 73.8 Å². The lowest BCUT2D eigenvalue weighted by atomic mass is 10.0. The second-order valence-electron chi connectivity index (χ2n) is 7.77. The van der Waals surface area contributed by atoms with Crippen LogP contribution < -0.4 is 5.32 Å². The van der Waals surface area contributed by atoms with Crippen LogP contribution in [0.2, 0.25) is 0 Å². The van der Waals surface area contributed by atoms with Gasteiger partial charge in [0.15, 0.2) is 11.5 Å². The lowest BCUT2D eigenvalue weighted by molar-refractivity contribution is -0.384. The van der Waals surface area contributed by atoms with Gasteiger partial charge in [-0.05, 0) is 29.1 Å². The van der Waals surface area contributed by atoms with E-state index in [0.717, 1.165) is 27.8 Å². The number of nitro benzene ring substituents is 1. The molecule has 1 aromatic heterocycles. The second-order valence-corrected chi connectivity index (χ2v) is 11.5. The minimum Gasteiger partial charge on any atom is -0.456 e. The number of hydrogen-bond acceptors (Lipinski definition) is 11. The topological polar surface area (TPSA) is 162 Å². The Morgan fingerprint density at radius 2 is 1.97 bits per heavy atom. The molecule has 2 amide bonds. The highest BCUT2D eigenvalue weighted by atomic mass is 32.2. The molecule has 3 heterocycles. The molecule has 0 spiro atoms. The van der Waals surface area contributed by atoms with Crippen molar-refractivity contribution in [2.75, 3.05) is 12.0 Å². The van der Waals surface area contributed by atoms with Crippen molar-refractivity contribution < 1.29 is 36.6 Å². The fourth-order valence-electron chi connectivity index (χ4n) is 3.55. The number of esters is 1. The van der Waals surface area contributed by atoms with E-state index >= 15 is 0 Å². The van der Waals surface area contributed by atoms with Crippen LogP contribution >= 0.6 is 23.1 Å². The minimum absolute atomic E-state index is 0.0548. The number of nitrogens with zero attached hydrogens (tertiary/aromatic N) is 2. The molecule has 2 aliphatic heterocycles. The van der Waals surface area contributed by atoms with Crippen LogP contribution in [0.5, 0.6) is 0 Å². The molecule has 0 aliphatic carbocycles. The number of thioether (sulfide) groups is 1. The number of carbonyl (C=O) groups is 3. The molecule has 0 bridgehead atoms. The van der Waals surface area contributed by atoms with Gasteiger partial charge in [-0.1, -0.05) is 6.07 Å². The molecule has 190 valence electrons. The van der Waals surface area contributed by atoms with Crippen LogP contribution in [0.3, 0.4) is 0 Å². The van der Waals surface area contributed by atoms with E-state index in [1.54, 1.807) is 6.07 Å². The summed E-state index contributed by atoms with van der Waals surface area (Å²) >= 11 is 2.54. The number of β-lactam (4-membered cyclic amide) rings is 1. The molecule has 2 atom stereocenters. The Morgan fingerprint density at radius 3 is 2.58 bits per heavy atom. The Balaban J connectivity index is 1.49. The van der Waals surface area contributed by atoms with Crippen LogP contribution in [0.25, 0.3) is 0 Å². The van der Waals surface area contributed by atoms with Gasteiger partial charge in [-0.2, -0.15) is 8.42 Å². The molecule has 1 unspecified atom stereocenters. The fourth-order valence-corrected chi connectivity index (χ4v) is 6.09. The SMILES string of the molecule is CS(=O)(=O)OC1=C(C(=O)OCc2ccc([N+](=O)[O-])cc2)N2C(=O)C(NC(=O)Cc3cccs3)[C@@H]2SC1. The first-order valence-corrected chi connectivity index (χ1v) is 14.1. The molecule has 0 radical (unpaired) electrons. The molecular formula is C21H19N3O9S3. The summed E-state index contributed by atoms with van der Waals surface area (Å²) in [6.07, 6.45) is 0.906. The summed E-state index contributed by atoms with van der Waals surface area (Å²) in [7, 11) is -4.02. The van der Waals surface area contributed by atoms with Crippen LogP contribution in [0.1, 0.15) is 10.4 Å². The van der Waals surface area contributed by atoms with E-state index in [9.17, 15) is 32.9 Å². The Bertz CT molecular complexity index is 1340.